The molecule has 0 bridgehead atoms. The van der Waals surface area contributed by atoms with E-state index in [-0.39, 0.29) is 16.2 Å². The first-order valence-corrected chi connectivity index (χ1v) is 7.68. The van der Waals surface area contributed by atoms with E-state index in [2.05, 4.69) is 21.2 Å². The molecule has 0 spiro atoms. The van der Waals surface area contributed by atoms with Crippen LogP contribution in [0.5, 0.6) is 0 Å². The molecule has 1 aromatic carbocycles. The number of rotatable bonds is 4. The molecule has 0 fully saturated rings. The lowest BCUT2D eigenvalue weighted by Crippen LogP contribution is -2.04. The van der Waals surface area contributed by atoms with Gasteiger partial charge < -0.3 is 5.32 Å². The van der Waals surface area contributed by atoms with Gasteiger partial charge in [-0.3, -0.25) is 0 Å². The van der Waals surface area contributed by atoms with Crippen LogP contribution in [0.15, 0.2) is 39.3 Å². The maximum atomic E-state index is 11.8. The first kappa shape index (κ1) is 15.2. The molecule has 0 saturated heterocycles. The number of anilines is 1. The second kappa shape index (κ2) is 6.37. The first-order valence-electron chi connectivity index (χ1n) is 5.23. The fourth-order valence-electron chi connectivity index (χ4n) is 1.21. The summed E-state index contributed by atoms with van der Waals surface area (Å²) in [4.78, 5) is 0.185. The maximum Gasteiger partial charge on any atom is 0.178 e. The lowest BCUT2D eigenvalue weighted by atomic mass is 10.3. The van der Waals surface area contributed by atoms with E-state index in [0.29, 0.717) is 10.2 Å². The Hall–Kier alpha value is -1.83. The largest absolute Gasteiger partial charge is 0.359 e. The summed E-state index contributed by atoms with van der Waals surface area (Å²) in [5.41, 5.74) is 0.369. The van der Waals surface area contributed by atoms with E-state index in [1.807, 2.05) is 0 Å². The molecule has 5 nitrogen and oxygen atoms in total. The summed E-state index contributed by atoms with van der Waals surface area (Å²) in [6.07, 6.45) is 1.22. The van der Waals surface area contributed by atoms with Crippen molar-refractivity contribution in [2.45, 2.75) is 11.8 Å². The highest BCUT2D eigenvalue weighted by molar-refractivity contribution is 9.10. The quantitative estimate of drug-likeness (QED) is 0.850. The monoisotopic (exact) mass is 339 g/mol. The summed E-state index contributed by atoms with van der Waals surface area (Å²) in [6, 6.07) is 7.94. The average molecular weight is 340 g/mol. The number of nitriles is 2. The Morgan fingerprint density at radius 2 is 2.05 bits per heavy atom. The summed E-state index contributed by atoms with van der Waals surface area (Å²) in [7, 11) is -3.30. The molecule has 0 amide bonds. The normalized spacial score (nSPS) is 10.1. The van der Waals surface area contributed by atoms with Gasteiger partial charge in [0.1, 0.15) is 17.7 Å². The van der Waals surface area contributed by atoms with Gasteiger partial charge in [0.15, 0.2) is 9.84 Å². The minimum atomic E-state index is -3.30. The van der Waals surface area contributed by atoms with Crippen LogP contribution < -0.4 is 5.32 Å². The number of nitrogens with one attached hydrogen (secondary N) is 1. The summed E-state index contributed by atoms with van der Waals surface area (Å²) in [5.74, 6) is 0.00551. The molecule has 98 valence electrons. The summed E-state index contributed by atoms with van der Waals surface area (Å²) in [5, 5.41) is 19.9. The van der Waals surface area contributed by atoms with Gasteiger partial charge in [0.2, 0.25) is 0 Å². The Kier molecular flexibility index (Phi) is 5.11. The van der Waals surface area contributed by atoms with Gasteiger partial charge in [-0.2, -0.15) is 10.5 Å². The predicted octanol–water partition coefficient (Wildman–Crippen LogP) is 2.59. The van der Waals surface area contributed by atoms with E-state index in [4.69, 9.17) is 10.5 Å². The van der Waals surface area contributed by atoms with Crippen molar-refractivity contribution in [2.75, 3.05) is 11.1 Å². The van der Waals surface area contributed by atoms with Crippen LogP contribution in [-0.2, 0) is 9.84 Å². The fraction of sp³-hybridized carbons (Fsp3) is 0.167. The average Bonchev–Trinajstić information content (AvgIpc) is 2.41. The Bertz CT molecular complexity index is 681. The van der Waals surface area contributed by atoms with Crippen LogP contribution in [0.4, 0.5) is 5.69 Å². The van der Waals surface area contributed by atoms with E-state index in [0.717, 1.165) is 0 Å². The van der Waals surface area contributed by atoms with Crippen LogP contribution in [0.2, 0.25) is 0 Å². The highest BCUT2D eigenvalue weighted by Gasteiger charge is 2.13. The second-order valence-corrected chi connectivity index (χ2v) is 6.60. The lowest BCUT2D eigenvalue weighted by Gasteiger charge is -2.07. The Balaban J connectivity index is 3.18. The molecular weight excluding hydrogens is 330 g/mol. The van der Waals surface area contributed by atoms with Crippen LogP contribution in [0.3, 0.4) is 0 Å². The van der Waals surface area contributed by atoms with Crippen LogP contribution >= 0.6 is 15.9 Å². The van der Waals surface area contributed by atoms with E-state index in [1.165, 1.54) is 18.3 Å². The molecule has 1 N–H and O–H groups in total. The van der Waals surface area contributed by atoms with Crippen LogP contribution in [-0.4, -0.2) is 14.2 Å². The zero-order chi connectivity index (χ0) is 14.5. The number of hydrogen-bond acceptors (Lipinski definition) is 5. The minimum Gasteiger partial charge on any atom is -0.359 e. The van der Waals surface area contributed by atoms with Crippen molar-refractivity contribution in [3.8, 4) is 12.1 Å². The molecular formula is C12H10BrN3O2S. The molecule has 19 heavy (non-hydrogen) atoms. The van der Waals surface area contributed by atoms with Gasteiger partial charge in [0, 0.05) is 10.7 Å². The maximum absolute atomic E-state index is 11.8. The van der Waals surface area contributed by atoms with Crippen LogP contribution in [0, 0.1) is 22.7 Å². The standard InChI is InChI=1S/C12H10BrN3O2S/c1-2-19(17,18)10-3-4-11(13)12(5-10)16-8-9(6-14)7-15/h3-5,8,16H,2H2,1H3. The van der Waals surface area contributed by atoms with Crippen molar-refractivity contribution in [2.24, 2.45) is 0 Å². The third kappa shape index (κ3) is 3.82. The summed E-state index contributed by atoms with van der Waals surface area (Å²) in [6.45, 7) is 1.56. The summed E-state index contributed by atoms with van der Waals surface area (Å²) < 4.78 is 24.1. The van der Waals surface area contributed by atoms with Gasteiger partial charge in [-0.25, -0.2) is 8.42 Å². The highest BCUT2D eigenvalue weighted by atomic mass is 79.9. The number of nitrogens with zero attached hydrogens (tertiary/aromatic N) is 2. The molecule has 0 atom stereocenters. The SMILES string of the molecule is CCS(=O)(=O)c1ccc(Br)c(NC=C(C#N)C#N)c1. The van der Waals surface area contributed by atoms with Crippen molar-refractivity contribution in [1.82, 2.24) is 0 Å². The van der Waals surface area contributed by atoms with Crippen molar-refractivity contribution >= 4 is 31.5 Å². The number of halogens is 1. The van der Waals surface area contributed by atoms with Crippen molar-refractivity contribution in [3.05, 3.63) is 34.4 Å². The molecule has 1 rings (SSSR count). The topological polar surface area (TPSA) is 93.8 Å². The molecule has 1 aromatic rings. The highest BCUT2D eigenvalue weighted by Crippen LogP contribution is 2.26. The molecule has 0 unspecified atom stereocenters. The fourth-order valence-corrected chi connectivity index (χ4v) is 2.48. The van der Waals surface area contributed by atoms with Crippen molar-refractivity contribution < 1.29 is 8.42 Å². The summed E-state index contributed by atoms with van der Waals surface area (Å²) >= 11 is 3.26. The molecule has 0 aromatic heterocycles. The number of allylic oxidation sites excluding steroid dienone is 1. The Labute approximate surface area is 120 Å². The molecule has 0 heterocycles. The van der Waals surface area contributed by atoms with E-state index < -0.39 is 9.84 Å². The van der Waals surface area contributed by atoms with Gasteiger partial charge in [-0.15, -0.1) is 0 Å². The minimum absolute atomic E-state index is 0.00551. The molecule has 0 aliphatic rings. The second-order valence-electron chi connectivity index (χ2n) is 3.47. The van der Waals surface area contributed by atoms with Gasteiger partial charge >= 0.3 is 0 Å². The van der Waals surface area contributed by atoms with Crippen molar-refractivity contribution in [3.63, 3.8) is 0 Å². The molecule has 7 heteroatoms. The zero-order valence-electron chi connectivity index (χ0n) is 10.0. The predicted molar refractivity (Wildman–Crippen MR) is 74.8 cm³/mol. The molecule has 0 radical (unpaired) electrons. The first-order chi connectivity index (χ1) is 8.94. The molecule has 0 saturated carbocycles. The number of sulfone groups is 1. The molecule has 0 aliphatic heterocycles. The van der Waals surface area contributed by atoms with Gasteiger partial charge in [0.25, 0.3) is 0 Å². The van der Waals surface area contributed by atoms with Gasteiger partial charge in [-0.1, -0.05) is 6.92 Å². The molecule has 0 aliphatic carbocycles. The van der Waals surface area contributed by atoms with Crippen LogP contribution in [0.1, 0.15) is 6.92 Å². The lowest BCUT2D eigenvalue weighted by molar-refractivity contribution is 0.597. The number of hydrogen-bond donors (Lipinski definition) is 1. The van der Waals surface area contributed by atoms with Crippen molar-refractivity contribution in [1.29, 1.82) is 10.5 Å². The third-order valence-electron chi connectivity index (χ3n) is 2.29. The van der Waals surface area contributed by atoms with Gasteiger partial charge in [0.05, 0.1) is 16.3 Å². The van der Waals surface area contributed by atoms with E-state index in [9.17, 15) is 8.42 Å². The zero-order valence-corrected chi connectivity index (χ0v) is 12.4. The number of benzene rings is 1. The third-order valence-corrected chi connectivity index (χ3v) is 4.71. The smallest absolute Gasteiger partial charge is 0.178 e. The van der Waals surface area contributed by atoms with E-state index in [1.54, 1.807) is 25.1 Å². The Morgan fingerprint density at radius 1 is 1.42 bits per heavy atom. The van der Waals surface area contributed by atoms with E-state index >= 15 is 0 Å². The Morgan fingerprint density at radius 3 is 2.58 bits per heavy atom. The van der Waals surface area contributed by atoms with Gasteiger partial charge in [-0.05, 0) is 34.1 Å². The van der Waals surface area contributed by atoms with Crippen LogP contribution in [0.25, 0.3) is 0 Å².